The number of carboxylic acid groups (broad SMARTS) is 1. The summed E-state index contributed by atoms with van der Waals surface area (Å²) < 4.78 is 40.1. The molecule has 112 valence electrons. The number of ether oxygens (including phenoxy) is 1. The zero-order valence-corrected chi connectivity index (χ0v) is 11.3. The van der Waals surface area contributed by atoms with Crippen molar-refractivity contribution in [2.45, 2.75) is 18.6 Å². The van der Waals surface area contributed by atoms with Gasteiger partial charge in [0, 0.05) is 5.33 Å². The van der Waals surface area contributed by atoms with Gasteiger partial charge in [-0.1, -0.05) is 15.9 Å². The topological polar surface area (TPSA) is 87.0 Å². The lowest BCUT2D eigenvalue weighted by Gasteiger charge is -2.18. The Balaban J connectivity index is 3.20. The molecular weight excluding hydrogens is 349 g/mol. The Bertz CT molecular complexity index is 491. The van der Waals surface area contributed by atoms with E-state index >= 15 is 0 Å². The fraction of sp³-hybridized carbons (Fsp3) is 0.364. The highest BCUT2D eigenvalue weighted by Crippen LogP contribution is 2.29. The molecule has 0 saturated heterocycles. The van der Waals surface area contributed by atoms with Crippen molar-refractivity contribution in [3.8, 4) is 5.75 Å². The average molecular weight is 359 g/mol. The predicted octanol–water partition coefficient (Wildman–Crippen LogP) is 2.07. The van der Waals surface area contributed by atoms with Gasteiger partial charge in [0.05, 0.1) is 11.7 Å². The fourth-order valence-electron chi connectivity index (χ4n) is 1.42. The summed E-state index contributed by atoms with van der Waals surface area (Å²) in [6.07, 6.45) is -7.85. The molecule has 9 heteroatoms. The second kappa shape index (κ2) is 6.42. The first-order chi connectivity index (χ1) is 9.14. The van der Waals surface area contributed by atoms with Crippen molar-refractivity contribution >= 4 is 21.9 Å². The second-order valence-electron chi connectivity index (χ2n) is 3.81. The second-order valence-corrected chi connectivity index (χ2v) is 4.46. The van der Waals surface area contributed by atoms with Crippen LogP contribution < -0.4 is 4.74 Å². The van der Waals surface area contributed by atoms with Crippen molar-refractivity contribution in [1.29, 1.82) is 0 Å². The number of rotatable bonds is 5. The molecule has 2 unspecified atom stereocenters. The molecule has 0 spiro atoms. The van der Waals surface area contributed by atoms with Gasteiger partial charge < -0.3 is 20.1 Å². The van der Waals surface area contributed by atoms with Gasteiger partial charge in [0.25, 0.3) is 0 Å². The van der Waals surface area contributed by atoms with Gasteiger partial charge in [-0.25, -0.2) is 4.79 Å². The first kappa shape index (κ1) is 16.7. The van der Waals surface area contributed by atoms with Crippen LogP contribution in [0.5, 0.6) is 5.75 Å². The maximum absolute atomic E-state index is 12.1. The van der Waals surface area contributed by atoms with Gasteiger partial charge in [0.15, 0.2) is 0 Å². The van der Waals surface area contributed by atoms with E-state index in [1.54, 1.807) is 0 Å². The van der Waals surface area contributed by atoms with Crippen LogP contribution in [0.15, 0.2) is 18.2 Å². The zero-order chi connectivity index (χ0) is 15.5. The van der Waals surface area contributed by atoms with E-state index in [1.807, 2.05) is 0 Å². The quantitative estimate of drug-likeness (QED) is 0.701. The first-order valence-electron chi connectivity index (χ1n) is 5.20. The largest absolute Gasteiger partial charge is 0.573 e. The molecule has 0 bridgehead atoms. The average Bonchev–Trinajstić information content (AvgIpc) is 2.34. The van der Waals surface area contributed by atoms with Crippen LogP contribution in [0.3, 0.4) is 0 Å². The number of aliphatic hydroxyl groups is 2. The fourth-order valence-corrected chi connectivity index (χ4v) is 1.77. The number of alkyl halides is 4. The van der Waals surface area contributed by atoms with Crippen LogP contribution in [0.25, 0.3) is 0 Å². The Morgan fingerprint density at radius 3 is 2.35 bits per heavy atom. The summed E-state index contributed by atoms with van der Waals surface area (Å²) in [5.74, 6) is -2.27. The van der Waals surface area contributed by atoms with Crippen molar-refractivity contribution in [1.82, 2.24) is 0 Å². The maximum atomic E-state index is 12.1. The van der Waals surface area contributed by atoms with E-state index in [-0.39, 0.29) is 10.9 Å². The van der Waals surface area contributed by atoms with Crippen molar-refractivity contribution < 1.29 is 38.0 Å². The van der Waals surface area contributed by atoms with Crippen LogP contribution in [-0.4, -0.2) is 39.1 Å². The molecule has 0 aliphatic rings. The third-order valence-corrected chi connectivity index (χ3v) is 2.94. The number of carboxylic acids is 1. The SMILES string of the molecule is O=C(O)c1cc(OC(F)(F)F)cc(C(O)C(O)CBr)c1. The summed E-state index contributed by atoms with van der Waals surface area (Å²) in [6, 6.07) is 2.45. The van der Waals surface area contributed by atoms with E-state index in [9.17, 15) is 28.2 Å². The molecule has 0 saturated carbocycles. The Kier molecular flexibility index (Phi) is 5.37. The number of hydrogen-bond acceptors (Lipinski definition) is 4. The van der Waals surface area contributed by atoms with Gasteiger partial charge in [0.1, 0.15) is 11.9 Å². The van der Waals surface area contributed by atoms with Crippen molar-refractivity contribution in [2.75, 3.05) is 5.33 Å². The molecule has 1 rings (SSSR count). The molecule has 0 radical (unpaired) electrons. The Morgan fingerprint density at radius 1 is 1.30 bits per heavy atom. The molecule has 1 aromatic carbocycles. The van der Waals surface area contributed by atoms with E-state index in [0.717, 1.165) is 12.1 Å². The molecule has 0 aromatic heterocycles. The van der Waals surface area contributed by atoms with Gasteiger partial charge in [-0.2, -0.15) is 0 Å². The van der Waals surface area contributed by atoms with Crippen LogP contribution in [0.4, 0.5) is 13.2 Å². The van der Waals surface area contributed by atoms with E-state index < -0.39 is 35.9 Å². The number of hydrogen-bond donors (Lipinski definition) is 3. The summed E-state index contributed by atoms with van der Waals surface area (Å²) in [5, 5.41) is 27.9. The third kappa shape index (κ3) is 4.66. The summed E-state index contributed by atoms with van der Waals surface area (Å²) >= 11 is 2.89. The van der Waals surface area contributed by atoms with E-state index in [1.165, 1.54) is 0 Å². The summed E-state index contributed by atoms with van der Waals surface area (Å²) in [7, 11) is 0. The number of benzene rings is 1. The van der Waals surface area contributed by atoms with Gasteiger partial charge in [-0.15, -0.1) is 13.2 Å². The van der Waals surface area contributed by atoms with E-state index in [0.29, 0.717) is 6.07 Å². The molecule has 0 heterocycles. The smallest absolute Gasteiger partial charge is 0.478 e. The lowest BCUT2D eigenvalue weighted by atomic mass is 10.0. The molecule has 0 amide bonds. The molecule has 2 atom stereocenters. The van der Waals surface area contributed by atoms with Crippen molar-refractivity contribution in [3.05, 3.63) is 29.3 Å². The van der Waals surface area contributed by atoms with Gasteiger partial charge in [-0.3, -0.25) is 0 Å². The predicted molar refractivity (Wildman–Crippen MR) is 64.8 cm³/mol. The molecule has 0 aliphatic carbocycles. The minimum absolute atomic E-state index is 0.0407. The molecular formula is C11H10BrF3O5. The zero-order valence-electron chi connectivity index (χ0n) is 9.76. The van der Waals surface area contributed by atoms with E-state index in [2.05, 4.69) is 20.7 Å². The molecule has 5 nitrogen and oxygen atoms in total. The maximum Gasteiger partial charge on any atom is 0.573 e. The molecule has 20 heavy (non-hydrogen) atoms. The van der Waals surface area contributed by atoms with Crippen LogP contribution in [-0.2, 0) is 0 Å². The van der Waals surface area contributed by atoms with Gasteiger partial charge in [0.2, 0.25) is 0 Å². The van der Waals surface area contributed by atoms with Crippen LogP contribution in [0.1, 0.15) is 22.0 Å². The highest BCUT2D eigenvalue weighted by molar-refractivity contribution is 9.09. The molecule has 0 fully saturated rings. The monoisotopic (exact) mass is 358 g/mol. The third-order valence-electron chi connectivity index (χ3n) is 2.27. The normalized spacial score (nSPS) is 14.7. The summed E-state index contributed by atoms with van der Waals surface area (Å²) in [5.41, 5.74) is -0.696. The highest BCUT2D eigenvalue weighted by atomic mass is 79.9. The number of halogens is 4. The number of carbonyl (C=O) groups is 1. The highest BCUT2D eigenvalue weighted by Gasteiger charge is 2.32. The summed E-state index contributed by atoms with van der Waals surface area (Å²) in [4.78, 5) is 10.8. The standard InChI is InChI=1S/C11H10BrF3O5/c12-4-8(16)9(17)5-1-6(10(18)19)3-7(2-5)20-11(13,14)15/h1-3,8-9,16-17H,4H2,(H,18,19). The Labute approximate surface area is 119 Å². The van der Waals surface area contributed by atoms with Crippen LogP contribution in [0.2, 0.25) is 0 Å². The minimum atomic E-state index is -4.99. The minimum Gasteiger partial charge on any atom is -0.478 e. The Hall–Kier alpha value is -1.32. The molecule has 1 aromatic rings. The lowest BCUT2D eigenvalue weighted by molar-refractivity contribution is -0.274. The van der Waals surface area contributed by atoms with Crippen LogP contribution in [0, 0.1) is 0 Å². The van der Waals surface area contributed by atoms with Crippen LogP contribution >= 0.6 is 15.9 Å². The van der Waals surface area contributed by atoms with Gasteiger partial charge >= 0.3 is 12.3 Å². The Morgan fingerprint density at radius 2 is 1.90 bits per heavy atom. The van der Waals surface area contributed by atoms with Crippen molar-refractivity contribution in [2.24, 2.45) is 0 Å². The molecule has 3 N–H and O–H groups in total. The number of aliphatic hydroxyl groups excluding tert-OH is 2. The lowest BCUT2D eigenvalue weighted by Crippen LogP contribution is -2.21. The molecule has 0 aliphatic heterocycles. The summed E-state index contributed by atoms with van der Waals surface area (Å²) in [6.45, 7) is 0. The van der Waals surface area contributed by atoms with E-state index in [4.69, 9.17) is 5.11 Å². The van der Waals surface area contributed by atoms with Crippen molar-refractivity contribution in [3.63, 3.8) is 0 Å². The number of aromatic carboxylic acids is 1. The first-order valence-corrected chi connectivity index (χ1v) is 6.32. The van der Waals surface area contributed by atoms with Gasteiger partial charge in [-0.05, 0) is 23.8 Å².